The molecule has 1 N–H and O–H groups in total. The highest BCUT2D eigenvalue weighted by Gasteiger charge is 2.35. The molecule has 8 heteroatoms. The number of ether oxygens (including phenoxy) is 2. The van der Waals surface area contributed by atoms with Crippen LogP contribution in [0.25, 0.3) is 0 Å². The van der Waals surface area contributed by atoms with Crippen LogP contribution in [0.3, 0.4) is 0 Å². The normalized spacial score (nSPS) is 15.3. The highest BCUT2D eigenvalue weighted by Crippen LogP contribution is 2.37. The van der Waals surface area contributed by atoms with Crippen LogP contribution in [-0.4, -0.2) is 39.7 Å². The average molecular weight is 443 g/mol. The number of rotatable bonds is 11. The minimum atomic E-state index is -0.466. The third-order valence-corrected chi connectivity index (χ3v) is 5.69. The number of hydrogen-bond donors (Lipinski definition) is 1. The number of allylic oxidation sites excluding steroid dienone is 1. The fourth-order valence-electron chi connectivity index (χ4n) is 3.28. The average Bonchev–Trinajstić information content (AvgIpc) is 3.17. The molecule has 3 rings (SSSR count). The number of hydrogen-bond acceptors (Lipinski definition) is 7. The smallest absolute Gasteiger partial charge is 0.338 e. The number of benzene rings is 1. The van der Waals surface area contributed by atoms with Gasteiger partial charge in [0.05, 0.1) is 12.2 Å². The lowest BCUT2D eigenvalue weighted by Gasteiger charge is -2.28. The molecule has 166 valence electrons. The Hall–Kier alpha value is -2.74. The zero-order valence-corrected chi connectivity index (χ0v) is 19.2. The van der Waals surface area contributed by atoms with Gasteiger partial charge in [-0.2, -0.15) is 4.98 Å². The summed E-state index contributed by atoms with van der Waals surface area (Å²) >= 11 is 1.62. The minimum Gasteiger partial charge on any atom is -0.494 e. The standard InChI is InChI=1S/C23H30N4O3S/c1-5-8-14-31-23-25-22-24-16(4)19(21(28)30-13-7-3)20(27(22)26-23)17-10-9-11-18(15-17)29-12-6-2/h7,9-11,15,20H,3,5-6,8,12-14H2,1-2,4H3,(H,24,25,26). The van der Waals surface area contributed by atoms with Crippen molar-refractivity contribution in [2.24, 2.45) is 0 Å². The Morgan fingerprint density at radius 3 is 2.94 bits per heavy atom. The molecule has 1 aliphatic heterocycles. The highest BCUT2D eigenvalue weighted by atomic mass is 32.2. The van der Waals surface area contributed by atoms with Crippen molar-refractivity contribution < 1.29 is 14.3 Å². The maximum absolute atomic E-state index is 13.0. The third kappa shape index (κ3) is 5.50. The van der Waals surface area contributed by atoms with Crippen LogP contribution in [0, 0.1) is 0 Å². The van der Waals surface area contributed by atoms with Gasteiger partial charge in [-0.25, -0.2) is 9.48 Å². The van der Waals surface area contributed by atoms with Crippen LogP contribution in [0.2, 0.25) is 0 Å². The lowest BCUT2D eigenvalue weighted by Crippen LogP contribution is -2.29. The minimum absolute atomic E-state index is 0.143. The lowest BCUT2D eigenvalue weighted by molar-refractivity contribution is -0.138. The van der Waals surface area contributed by atoms with E-state index in [0.29, 0.717) is 29.0 Å². The van der Waals surface area contributed by atoms with E-state index in [1.165, 1.54) is 0 Å². The van der Waals surface area contributed by atoms with Crippen molar-refractivity contribution in [1.82, 2.24) is 14.8 Å². The van der Waals surface area contributed by atoms with Gasteiger partial charge in [-0.3, -0.25) is 0 Å². The summed E-state index contributed by atoms with van der Waals surface area (Å²) in [6.45, 7) is 10.5. The van der Waals surface area contributed by atoms with E-state index in [1.807, 2.05) is 31.2 Å². The Morgan fingerprint density at radius 2 is 2.19 bits per heavy atom. The fraction of sp³-hybridized carbons (Fsp3) is 0.435. The van der Waals surface area contributed by atoms with E-state index < -0.39 is 12.0 Å². The van der Waals surface area contributed by atoms with E-state index in [0.717, 1.165) is 36.3 Å². The summed E-state index contributed by atoms with van der Waals surface area (Å²) in [7, 11) is 0. The monoisotopic (exact) mass is 442 g/mol. The summed E-state index contributed by atoms with van der Waals surface area (Å²) in [4.78, 5) is 17.6. The Kier molecular flexibility index (Phi) is 8.17. The quantitative estimate of drug-likeness (QED) is 0.228. The van der Waals surface area contributed by atoms with Crippen LogP contribution in [0.1, 0.15) is 51.6 Å². The molecule has 1 unspecified atom stereocenters. The van der Waals surface area contributed by atoms with Crippen molar-refractivity contribution in [2.75, 3.05) is 24.3 Å². The third-order valence-electron chi connectivity index (χ3n) is 4.76. The Labute approximate surface area is 187 Å². The molecule has 0 radical (unpaired) electrons. The Balaban J connectivity index is 2.02. The van der Waals surface area contributed by atoms with Crippen molar-refractivity contribution >= 4 is 23.7 Å². The van der Waals surface area contributed by atoms with Gasteiger partial charge >= 0.3 is 5.97 Å². The maximum atomic E-state index is 13.0. The van der Waals surface area contributed by atoms with Gasteiger partial charge in [0, 0.05) is 11.4 Å². The summed E-state index contributed by atoms with van der Waals surface area (Å²) in [5.41, 5.74) is 2.08. The maximum Gasteiger partial charge on any atom is 0.338 e. The predicted octanol–water partition coefficient (Wildman–Crippen LogP) is 4.98. The van der Waals surface area contributed by atoms with Gasteiger partial charge in [-0.1, -0.05) is 56.8 Å². The molecule has 0 fully saturated rings. The fourth-order valence-corrected chi connectivity index (χ4v) is 4.19. The van der Waals surface area contributed by atoms with Gasteiger partial charge in [0.15, 0.2) is 0 Å². The Morgan fingerprint density at radius 1 is 1.35 bits per heavy atom. The van der Waals surface area contributed by atoms with Crippen LogP contribution in [-0.2, 0) is 9.53 Å². The van der Waals surface area contributed by atoms with Crippen molar-refractivity contribution in [3.05, 3.63) is 53.8 Å². The summed E-state index contributed by atoms with van der Waals surface area (Å²) < 4.78 is 13.0. The number of nitrogens with one attached hydrogen (secondary N) is 1. The molecule has 0 amide bonds. The molecular formula is C23H30N4O3S. The molecule has 1 atom stereocenters. The van der Waals surface area contributed by atoms with Crippen molar-refractivity contribution in [1.29, 1.82) is 0 Å². The van der Waals surface area contributed by atoms with E-state index in [4.69, 9.17) is 14.6 Å². The van der Waals surface area contributed by atoms with E-state index in [1.54, 1.807) is 22.5 Å². The molecule has 31 heavy (non-hydrogen) atoms. The molecule has 1 aromatic heterocycles. The summed E-state index contributed by atoms with van der Waals surface area (Å²) in [5.74, 6) is 1.91. The molecule has 0 aliphatic carbocycles. The van der Waals surface area contributed by atoms with Gasteiger partial charge in [-0.05, 0) is 37.5 Å². The lowest BCUT2D eigenvalue weighted by atomic mass is 9.95. The molecule has 0 bridgehead atoms. The molecule has 2 aromatic rings. The zero-order chi connectivity index (χ0) is 22.2. The molecule has 2 heterocycles. The largest absolute Gasteiger partial charge is 0.494 e. The highest BCUT2D eigenvalue weighted by molar-refractivity contribution is 7.99. The van der Waals surface area contributed by atoms with Crippen LogP contribution in [0.15, 0.2) is 53.3 Å². The van der Waals surface area contributed by atoms with Crippen LogP contribution >= 0.6 is 11.8 Å². The Bertz CT molecular complexity index is 954. The first kappa shape index (κ1) is 22.9. The van der Waals surface area contributed by atoms with E-state index in [-0.39, 0.29) is 6.61 Å². The van der Waals surface area contributed by atoms with Crippen molar-refractivity contribution in [3.8, 4) is 5.75 Å². The zero-order valence-electron chi connectivity index (χ0n) is 18.4. The molecule has 0 saturated heterocycles. The van der Waals surface area contributed by atoms with Gasteiger partial charge in [0.1, 0.15) is 18.4 Å². The van der Waals surface area contributed by atoms with Crippen LogP contribution in [0.4, 0.5) is 5.95 Å². The molecule has 1 aromatic carbocycles. The first-order valence-electron chi connectivity index (χ1n) is 10.7. The number of aromatic nitrogens is 3. The van der Waals surface area contributed by atoms with Gasteiger partial charge in [0.2, 0.25) is 11.1 Å². The van der Waals surface area contributed by atoms with Gasteiger partial charge in [0.25, 0.3) is 0 Å². The predicted molar refractivity (Wildman–Crippen MR) is 123 cm³/mol. The summed E-state index contributed by atoms with van der Waals surface area (Å²) in [5, 5.41) is 8.63. The number of esters is 1. The number of fused-ring (bicyclic) bond motifs is 1. The topological polar surface area (TPSA) is 78.3 Å². The molecule has 1 aliphatic rings. The molecule has 7 nitrogen and oxygen atoms in total. The summed E-state index contributed by atoms with van der Waals surface area (Å²) in [6, 6.07) is 7.30. The first-order chi connectivity index (χ1) is 15.1. The van der Waals surface area contributed by atoms with Crippen molar-refractivity contribution in [3.63, 3.8) is 0 Å². The molecule has 0 spiro atoms. The second kappa shape index (κ2) is 11.0. The van der Waals surface area contributed by atoms with Crippen LogP contribution in [0.5, 0.6) is 5.75 Å². The number of carbonyl (C=O) groups is 1. The molecular weight excluding hydrogens is 412 g/mol. The number of thioether (sulfide) groups is 1. The van der Waals surface area contributed by atoms with Crippen molar-refractivity contribution in [2.45, 2.75) is 51.2 Å². The number of nitrogens with zero attached hydrogens (tertiary/aromatic N) is 3. The second-order valence-electron chi connectivity index (χ2n) is 7.24. The summed E-state index contributed by atoms with van der Waals surface area (Å²) in [6.07, 6.45) is 4.69. The second-order valence-corrected chi connectivity index (χ2v) is 8.30. The van der Waals surface area contributed by atoms with Gasteiger partial charge in [-0.15, -0.1) is 5.10 Å². The van der Waals surface area contributed by atoms with E-state index in [2.05, 4.69) is 30.7 Å². The molecule has 0 saturated carbocycles. The number of anilines is 1. The van der Waals surface area contributed by atoms with E-state index >= 15 is 0 Å². The van der Waals surface area contributed by atoms with E-state index in [9.17, 15) is 4.79 Å². The first-order valence-corrected chi connectivity index (χ1v) is 11.7. The van der Waals surface area contributed by atoms with Crippen LogP contribution < -0.4 is 10.1 Å². The van der Waals surface area contributed by atoms with Gasteiger partial charge < -0.3 is 14.8 Å². The number of carbonyl (C=O) groups excluding carboxylic acids is 1. The number of unbranched alkanes of at least 4 members (excludes halogenated alkanes) is 1. The SMILES string of the molecule is C=CCOC(=O)C1=C(C)Nc2nc(SCCCC)nn2C1c1cccc(OCCC)c1.